The normalized spacial score (nSPS) is 10.5. The minimum absolute atomic E-state index is 0.521. The first-order chi connectivity index (χ1) is 7.13. The topological polar surface area (TPSA) is 43.3 Å². The highest BCUT2D eigenvalue weighted by atomic mass is 35.5. The number of nitrogens with two attached hydrogens (primary N) is 1. The Kier molecular flexibility index (Phi) is 2.29. The van der Waals surface area contributed by atoms with Crippen LogP contribution in [0.25, 0.3) is 5.65 Å². The van der Waals surface area contributed by atoms with Gasteiger partial charge in [-0.2, -0.15) is 0 Å². The zero-order valence-electron chi connectivity index (χ0n) is 8.29. The van der Waals surface area contributed by atoms with E-state index in [0.717, 1.165) is 11.4 Å². The number of aromatic nitrogens is 2. The predicted octanol–water partition coefficient (Wildman–Crippen LogP) is 2.05. The number of hydrogen-bond acceptors (Lipinski definition) is 2. The predicted molar refractivity (Wildman–Crippen MR) is 61.9 cm³/mol. The maximum atomic E-state index is 5.93. The van der Waals surface area contributed by atoms with E-state index in [-0.39, 0.29) is 0 Å². The van der Waals surface area contributed by atoms with Gasteiger partial charge in [0.25, 0.3) is 0 Å². The Morgan fingerprint density at radius 3 is 3.07 bits per heavy atom. The summed E-state index contributed by atoms with van der Waals surface area (Å²) in [7, 11) is 0. The second-order valence-electron chi connectivity index (χ2n) is 3.33. The molecule has 0 radical (unpaired) electrons. The molecule has 2 N–H and O–H groups in total. The Hall–Kier alpha value is -1.66. The Morgan fingerprint density at radius 1 is 1.67 bits per heavy atom. The largest absolute Gasteiger partial charge is 0.396 e. The van der Waals surface area contributed by atoms with Gasteiger partial charge in [0.1, 0.15) is 0 Å². The van der Waals surface area contributed by atoms with Crippen molar-refractivity contribution in [3.63, 3.8) is 0 Å². The van der Waals surface area contributed by atoms with Crippen molar-refractivity contribution >= 4 is 22.9 Å². The molecule has 0 spiro atoms. The number of aryl methyl sites for hydroxylation is 1. The first-order valence-electron chi connectivity index (χ1n) is 4.49. The minimum atomic E-state index is 0.521. The van der Waals surface area contributed by atoms with Crippen LogP contribution < -0.4 is 5.73 Å². The molecule has 15 heavy (non-hydrogen) atoms. The summed E-state index contributed by atoms with van der Waals surface area (Å²) in [6.07, 6.45) is 7.60. The lowest BCUT2D eigenvalue weighted by Gasteiger charge is -2.01. The van der Waals surface area contributed by atoms with Crippen LogP contribution in [0.2, 0.25) is 5.02 Å². The summed E-state index contributed by atoms with van der Waals surface area (Å²) in [6, 6.07) is 1.68. The van der Waals surface area contributed by atoms with Crippen molar-refractivity contribution in [2.24, 2.45) is 0 Å². The first-order valence-corrected chi connectivity index (χ1v) is 4.87. The highest BCUT2D eigenvalue weighted by Gasteiger charge is 2.10. The molecule has 0 atom stereocenters. The van der Waals surface area contributed by atoms with Crippen molar-refractivity contribution in [1.82, 2.24) is 9.38 Å². The van der Waals surface area contributed by atoms with Gasteiger partial charge in [0.2, 0.25) is 0 Å². The lowest BCUT2D eigenvalue weighted by Crippen LogP contribution is -1.96. The molecule has 0 saturated carbocycles. The molecule has 0 aliphatic heterocycles. The third-order valence-corrected chi connectivity index (χ3v) is 2.49. The summed E-state index contributed by atoms with van der Waals surface area (Å²) in [5.41, 5.74) is 8.94. The number of hydrogen-bond donors (Lipinski definition) is 1. The van der Waals surface area contributed by atoms with E-state index in [2.05, 4.69) is 10.9 Å². The van der Waals surface area contributed by atoms with Crippen molar-refractivity contribution in [1.29, 1.82) is 0 Å². The molecule has 4 heteroatoms. The van der Waals surface area contributed by atoms with Crippen molar-refractivity contribution < 1.29 is 0 Å². The number of terminal acetylenes is 1. The zero-order chi connectivity index (χ0) is 11.0. The molecule has 2 rings (SSSR count). The fourth-order valence-electron chi connectivity index (χ4n) is 1.61. The van der Waals surface area contributed by atoms with Crippen LogP contribution >= 0.6 is 11.6 Å². The lowest BCUT2D eigenvalue weighted by atomic mass is 10.2. The molecule has 3 nitrogen and oxygen atoms in total. The second-order valence-corrected chi connectivity index (χ2v) is 3.77. The molecular formula is C11H10ClN3. The molecule has 0 fully saturated rings. The number of rotatable bonds is 1. The van der Waals surface area contributed by atoms with Gasteiger partial charge in [-0.3, -0.25) is 4.40 Å². The van der Waals surface area contributed by atoms with Crippen LogP contribution in [0, 0.1) is 19.3 Å². The zero-order valence-corrected chi connectivity index (χ0v) is 9.04. The van der Waals surface area contributed by atoms with Crippen LogP contribution in [0.4, 0.5) is 5.69 Å². The number of nitrogen functional groups attached to an aromatic ring is 1. The minimum Gasteiger partial charge on any atom is -0.396 e. The van der Waals surface area contributed by atoms with Gasteiger partial charge >= 0.3 is 0 Å². The SMILES string of the molecule is C#CCc1c(C)nc2c(N)cc(Cl)cn12. The monoisotopic (exact) mass is 219 g/mol. The standard InChI is InChI=1S/C11H10ClN3/c1-3-4-10-7(2)14-11-9(13)5-8(12)6-15(10)11/h1,5-6H,4,13H2,2H3. The summed E-state index contributed by atoms with van der Waals surface area (Å²) >= 11 is 5.93. The Labute approximate surface area is 92.9 Å². The van der Waals surface area contributed by atoms with Gasteiger partial charge in [-0.1, -0.05) is 11.6 Å². The third-order valence-electron chi connectivity index (χ3n) is 2.28. The molecular weight excluding hydrogens is 210 g/mol. The molecule has 0 unspecified atom stereocenters. The number of halogens is 1. The fraction of sp³-hybridized carbons (Fsp3) is 0.182. The Bertz CT molecular complexity index is 563. The summed E-state index contributed by atoms with van der Waals surface area (Å²) in [5, 5.41) is 0.579. The van der Waals surface area contributed by atoms with E-state index in [4.69, 9.17) is 23.8 Å². The molecule has 0 amide bonds. The van der Waals surface area contributed by atoms with Gasteiger partial charge in [0.05, 0.1) is 28.5 Å². The molecule has 0 bridgehead atoms. The smallest absolute Gasteiger partial charge is 0.160 e. The highest BCUT2D eigenvalue weighted by molar-refractivity contribution is 6.30. The third kappa shape index (κ3) is 1.53. The van der Waals surface area contributed by atoms with Crippen LogP contribution in [0.3, 0.4) is 0 Å². The van der Waals surface area contributed by atoms with Crippen LogP contribution in [0.15, 0.2) is 12.3 Å². The van der Waals surface area contributed by atoms with Crippen molar-refractivity contribution in [3.05, 3.63) is 28.7 Å². The molecule has 2 aromatic heterocycles. The van der Waals surface area contributed by atoms with E-state index in [1.165, 1.54) is 0 Å². The maximum Gasteiger partial charge on any atom is 0.160 e. The number of pyridine rings is 1. The molecule has 0 aliphatic rings. The van der Waals surface area contributed by atoms with Gasteiger partial charge in [0, 0.05) is 6.20 Å². The van der Waals surface area contributed by atoms with Gasteiger partial charge in [-0.15, -0.1) is 12.3 Å². The molecule has 76 valence electrons. The summed E-state index contributed by atoms with van der Waals surface area (Å²) in [5.74, 6) is 2.60. The van der Waals surface area contributed by atoms with Crippen LogP contribution in [-0.2, 0) is 6.42 Å². The number of imidazole rings is 1. The van der Waals surface area contributed by atoms with E-state index in [9.17, 15) is 0 Å². The maximum absolute atomic E-state index is 5.93. The summed E-state index contributed by atoms with van der Waals surface area (Å²) < 4.78 is 1.85. The molecule has 0 saturated heterocycles. The molecule has 0 aromatic carbocycles. The molecule has 0 aliphatic carbocycles. The Morgan fingerprint density at radius 2 is 2.40 bits per heavy atom. The van der Waals surface area contributed by atoms with E-state index in [1.807, 2.05) is 11.3 Å². The van der Waals surface area contributed by atoms with E-state index in [1.54, 1.807) is 12.3 Å². The van der Waals surface area contributed by atoms with Crippen LogP contribution in [-0.4, -0.2) is 9.38 Å². The number of nitrogens with zero attached hydrogens (tertiary/aromatic N) is 2. The van der Waals surface area contributed by atoms with Crippen molar-refractivity contribution in [2.45, 2.75) is 13.3 Å². The second kappa shape index (κ2) is 3.48. The van der Waals surface area contributed by atoms with Crippen LogP contribution in [0.5, 0.6) is 0 Å². The van der Waals surface area contributed by atoms with Gasteiger partial charge in [0.15, 0.2) is 5.65 Å². The van der Waals surface area contributed by atoms with E-state index >= 15 is 0 Å². The average Bonchev–Trinajstić information content (AvgIpc) is 2.46. The number of anilines is 1. The van der Waals surface area contributed by atoms with Crippen LogP contribution in [0.1, 0.15) is 11.4 Å². The average molecular weight is 220 g/mol. The van der Waals surface area contributed by atoms with Gasteiger partial charge in [-0.05, 0) is 13.0 Å². The summed E-state index contributed by atoms with van der Waals surface area (Å²) in [6.45, 7) is 1.91. The molecule has 2 aromatic rings. The van der Waals surface area contributed by atoms with Gasteiger partial charge < -0.3 is 5.73 Å². The molecule has 2 heterocycles. The van der Waals surface area contributed by atoms with Gasteiger partial charge in [-0.25, -0.2) is 4.98 Å². The van der Waals surface area contributed by atoms with E-state index < -0.39 is 0 Å². The van der Waals surface area contributed by atoms with Crippen molar-refractivity contribution in [3.8, 4) is 12.3 Å². The lowest BCUT2D eigenvalue weighted by molar-refractivity contribution is 1.05. The Balaban J connectivity index is 2.81. The fourth-order valence-corrected chi connectivity index (χ4v) is 1.82. The first kappa shape index (κ1) is 9.88. The number of fused-ring (bicyclic) bond motifs is 1. The quantitative estimate of drug-likeness (QED) is 0.746. The van der Waals surface area contributed by atoms with Crippen molar-refractivity contribution in [2.75, 3.05) is 5.73 Å². The summed E-state index contributed by atoms with van der Waals surface area (Å²) in [4.78, 5) is 4.36. The van der Waals surface area contributed by atoms with E-state index in [0.29, 0.717) is 22.8 Å². The highest BCUT2D eigenvalue weighted by Crippen LogP contribution is 2.22.